The monoisotopic (exact) mass is 730 g/mol. The van der Waals surface area contributed by atoms with Crippen LogP contribution in [0.3, 0.4) is 0 Å². The number of quaternary nitrogens is 1. The van der Waals surface area contributed by atoms with Crippen LogP contribution in [-0.2, 0) is 4.79 Å². The average molecular weight is 731 g/mol. The van der Waals surface area contributed by atoms with Crippen molar-refractivity contribution in [2.45, 2.75) is 149 Å². The Morgan fingerprint density at radius 3 is 2.38 bits per heavy atom. The van der Waals surface area contributed by atoms with Crippen molar-refractivity contribution in [1.29, 1.82) is 0 Å². The van der Waals surface area contributed by atoms with E-state index in [9.17, 15) is 4.79 Å². The molecule has 8 atom stereocenters. The zero-order valence-corrected chi connectivity index (χ0v) is 31.7. The van der Waals surface area contributed by atoms with E-state index in [2.05, 4.69) is 63.3 Å². The highest BCUT2D eigenvalue weighted by atomic mass is 127. The number of piperidine rings is 1. The van der Waals surface area contributed by atoms with Crippen molar-refractivity contribution in [3.63, 3.8) is 0 Å². The molecular weight excluding hydrogens is 663 g/mol. The van der Waals surface area contributed by atoms with Crippen LogP contribution in [0.1, 0.15) is 143 Å². The molecule has 1 aromatic rings. The number of carbonyl (C=O) groups is 1. The van der Waals surface area contributed by atoms with Crippen molar-refractivity contribution in [2.75, 3.05) is 19.6 Å². The first kappa shape index (κ1) is 35.7. The van der Waals surface area contributed by atoms with Crippen molar-refractivity contribution in [3.05, 3.63) is 30.3 Å². The maximum absolute atomic E-state index is 13.3. The van der Waals surface area contributed by atoms with Gasteiger partial charge in [0.1, 0.15) is 5.69 Å². The number of benzene rings is 1. The summed E-state index contributed by atoms with van der Waals surface area (Å²) in [6, 6.07) is 11.6. The quantitative estimate of drug-likeness (QED) is 0.144. The second-order valence-corrected chi connectivity index (χ2v) is 17.2. The van der Waals surface area contributed by atoms with E-state index in [1.807, 2.05) is 0 Å². The van der Waals surface area contributed by atoms with Crippen LogP contribution in [0.4, 0.5) is 5.69 Å². The first-order valence-electron chi connectivity index (χ1n) is 19.5. The maximum atomic E-state index is 13.3. The fourth-order valence-electron chi connectivity index (χ4n) is 12.5. The molecule has 2 unspecified atom stereocenters. The molecule has 1 saturated heterocycles. The number of halogens is 1. The predicted molar refractivity (Wildman–Crippen MR) is 186 cm³/mol. The molecule has 5 fully saturated rings. The maximum Gasteiger partial charge on any atom is 0.220 e. The van der Waals surface area contributed by atoms with Crippen LogP contribution < -0.4 is 33.8 Å². The van der Waals surface area contributed by atoms with Gasteiger partial charge in [-0.05, 0) is 129 Å². The third-order valence-corrected chi connectivity index (χ3v) is 15.1. The molecule has 0 bridgehead atoms. The zero-order valence-electron chi connectivity index (χ0n) is 29.5. The molecule has 5 aliphatic rings. The summed E-state index contributed by atoms with van der Waals surface area (Å²) in [7, 11) is 0. The molecule has 45 heavy (non-hydrogen) atoms. The van der Waals surface area contributed by atoms with Gasteiger partial charge in [-0.2, -0.15) is 0 Å². The molecule has 0 spiro atoms. The normalized spacial score (nSPS) is 39.9. The number of carbonyl (C=O) groups excluding carboxylic acids is 1. The highest BCUT2D eigenvalue weighted by molar-refractivity contribution is 5.76. The van der Waals surface area contributed by atoms with E-state index in [1.165, 1.54) is 102 Å². The first-order valence-corrected chi connectivity index (χ1v) is 19.5. The molecule has 4 saturated carbocycles. The number of likely N-dealkylation sites (tertiary alicyclic amines) is 1. The number of amides is 1. The van der Waals surface area contributed by atoms with Gasteiger partial charge in [0.05, 0.1) is 19.6 Å². The highest BCUT2D eigenvalue weighted by Crippen LogP contribution is 2.68. The van der Waals surface area contributed by atoms with Crippen LogP contribution in [0.2, 0.25) is 0 Å². The van der Waals surface area contributed by atoms with Gasteiger partial charge in [0, 0.05) is 25.3 Å². The molecule has 0 aromatic heterocycles. The molecule has 1 amide bonds. The van der Waals surface area contributed by atoms with E-state index in [0.29, 0.717) is 28.7 Å². The third-order valence-electron chi connectivity index (χ3n) is 15.1. The van der Waals surface area contributed by atoms with E-state index in [4.69, 9.17) is 0 Å². The summed E-state index contributed by atoms with van der Waals surface area (Å²) < 4.78 is 1.11. The van der Waals surface area contributed by atoms with Crippen LogP contribution in [-0.4, -0.2) is 31.6 Å². The molecule has 1 N–H and O–H groups in total. The van der Waals surface area contributed by atoms with Gasteiger partial charge in [-0.3, -0.25) is 9.28 Å². The third kappa shape index (κ3) is 7.23. The van der Waals surface area contributed by atoms with Gasteiger partial charge in [-0.25, -0.2) is 0 Å². The lowest BCUT2D eigenvalue weighted by Gasteiger charge is -2.61. The summed E-state index contributed by atoms with van der Waals surface area (Å²) in [4.78, 5) is 13.3. The van der Waals surface area contributed by atoms with Crippen molar-refractivity contribution in [1.82, 2.24) is 9.80 Å². The van der Waals surface area contributed by atoms with Gasteiger partial charge in [-0.15, -0.1) is 0 Å². The van der Waals surface area contributed by atoms with E-state index in [1.54, 1.807) is 0 Å². The standard InChI is InChI=1S/C41H66N2O.HI/c1-5-6-7-13-28-43(34-15-9-8-10-16-34)29-24-33(25-30-43)42-39(44)22-17-31(2)36-20-21-37-35-19-18-32-14-11-12-26-40(32,3)38(35)23-27-41(36,37)4;/h8-10,15-16,31-33,35-38H,5-7,11-14,17-30H2,1-4H3;1H/t31?,32?,33?,35-,36+,37-,38-,40-,41+,43?;/m0./s1. The van der Waals surface area contributed by atoms with Crippen molar-refractivity contribution >= 4 is 11.6 Å². The van der Waals surface area contributed by atoms with Gasteiger partial charge >= 0.3 is 0 Å². The minimum Gasteiger partial charge on any atom is -1.00 e. The Morgan fingerprint density at radius 1 is 0.867 bits per heavy atom. The SMILES string of the molecule is CCCCCC[N+]1(c2ccccc2)CCC(NC(=O)CCC(C)[C@H]2CC[C@H]3[C@@H]4CCC5CCCC[C@]5(C)[C@H]4CC[C@]23C)CC1.[I-]. The highest BCUT2D eigenvalue weighted by Gasteiger charge is 2.60. The smallest absolute Gasteiger partial charge is 0.220 e. The largest absolute Gasteiger partial charge is 1.00 e. The summed E-state index contributed by atoms with van der Waals surface area (Å²) in [5, 5.41) is 3.52. The fraction of sp³-hybridized carbons (Fsp3) is 0.829. The summed E-state index contributed by atoms with van der Waals surface area (Å²) in [5.74, 6) is 5.71. The Hall–Kier alpha value is -0.620. The van der Waals surface area contributed by atoms with Crippen LogP contribution in [0.25, 0.3) is 0 Å². The van der Waals surface area contributed by atoms with Crippen molar-refractivity contribution in [3.8, 4) is 0 Å². The number of nitrogens with zero attached hydrogens (tertiary/aromatic N) is 1. The van der Waals surface area contributed by atoms with E-state index in [-0.39, 0.29) is 24.0 Å². The Labute approximate surface area is 294 Å². The van der Waals surface area contributed by atoms with Crippen LogP contribution in [0.5, 0.6) is 0 Å². The Morgan fingerprint density at radius 2 is 1.62 bits per heavy atom. The Balaban J connectivity index is 0.00000400. The molecule has 6 rings (SSSR count). The van der Waals surface area contributed by atoms with Crippen molar-refractivity contribution in [2.24, 2.45) is 46.3 Å². The van der Waals surface area contributed by atoms with E-state index in [0.717, 1.165) is 72.8 Å². The molecule has 1 aromatic carbocycles. The minimum absolute atomic E-state index is 0. The molecular formula is C41H67IN2O. The lowest BCUT2D eigenvalue weighted by Crippen LogP contribution is -3.00. The van der Waals surface area contributed by atoms with Gasteiger partial charge in [-0.1, -0.05) is 71.6 Å². The number of nitrogens with one attached hydrogen (secondary N) is 1. The number of hydrogen-bond donors (Lipinski definition) is 1. The molecule has 3 nitrogen and oxygen atoms in total. The summed E-state index contributed by atoms with van der Waals surface area (Å²) >= 11 is 0. The lowest BCUT2D eigenvalue weighted by molar-refractivity contribution is -0.123. The first-order chi connectivity index (χ1) is 21.3. The number of para-hydroxylation sites is 1. The minimum atomic E-state index is 0. The van der Waals surface area contributed by atoms with Crippen LogP contribution >= 0.6 is 0 Å². The second-order valence-electron chi connectivity index (χ2n) is 17.2. The topological polar surface area (TPSA) is 29.1 Å². The summed E-state index contributed by atoms with van der Waals surface area (Å²) in [5.41, 5.74) is 2.62. The number of fused-ring (bicyclic) bond motifs is 5. The molecule has 1 aliphatic heterocycles. The van der Waals surface area contributed by atoms with Crippen LogP contribution in [0, 0.1) is 46.3 Å². The second kappa shape index (κ2) is 15.3. The zero-order chi connectivity index (χ0) is 30.8. The predicted octanol–water partition coefficient (Wildman–Crippen LogP) is 7.32. The van der Waals surface area contributed by atoms with E-state index >= 15 is 0 Å². The molecule has 1 heterocycles. The summed E-state index contributed by atoms with van der Waals surface area (Å²) in [6.45, 7) is 13.8. The number of hydrogen-bond acceptors (Lipinski definition) is 1. The fourth-order valence-corrected chi connectivity index (χ4v) is 12.5. The summed E-state index contributed by atoms with van der Waals surface area (Å²) in [6.07, 6.45) is 24.1. The lowest BCUT2D eigenvalue weighted by atomic mass is 9.44. The van der Waals surface area contributed by atoms with Gasteiger partial charge in [0.15, 0.2) is 0 Å². The molecule has 4 heteroatoms. The van der Waals surface area contributed by atoms with Gasteiger partial charge in [0.25, 0.3) is 0 Å². The number of unbranched alkanes of at least 4 members (excludes halogenated alkanes) is 3. The average Bonchev–Trinajstić information content (AvgIpc) is 3.40. The number of rotatable bonds is 11. The van der Waals surface area contributed by atoms with Gasteiger partial charge in [0.2, 0.25) is 5.91 Å². The molecule has 0 radical (unpaired) electrons. The molecule has 254 valence electrons. The van der Waals surface area contributed by atoms with Crippen molar-refractivity contribution < 1.29 is 28.8 Å². The van der Waals surface area contributed by atoms with Gasteiger partial charge < -0.3 is 29.3 Å². The Bertz CT molecular complexity index is 1080. The Kier molecular flexibility index (Phi) is 12.1. The molecule has 4 aliphatic carbocycles. The van der Waals surface area contributed by atoms with E-state index < -0.39 is 0 Å². The van der Waals surface area contributed by atoms with Crippen LogP contribution in [0.15, 0.2) is 30.3 Å².